The number of hydrogen-bond donors (Lipinski definition) is 3. The van der Waals surface area contributed by atoms with E-state index in [1.165, 1.54) is 12.1 Å². The van der Waals surface area contributed by atoms with E-state index in [1.807, 2.05) is 0 Å². The Morgan fingerprint density at radius 1 is 1.54 bits per heavy atom. The number of aliphatic hydroxyl groups is 1. The monoisotopic (exact) mass is 184 g/mol. The number of benzene rings is 1. The minimum Gasteiger partial charge on any atom is -0.396 e. The Hall–Kier alpha value is -1.13. The minimum absolute atomic E-state index is 0.103. The molecule has 1 aromatic carbocycles. The molecule has 0 spiro atoms. The fraction of sp³-hybridized carbons (Fsp3) is 0.333. The maximum Gasteiger partial charge on any atom is 0.146 e. The molecule has 5 N–H and O–H groups in total. The quantitative estimate of drug-likeness (QED) is 0.593. The molecule has 0 aliphatic rings. The van der Waals surface area contributed by atoms with Gasteiger partial charge < -0.3 is 16.6 Å². The molecule has 4 heteroatoms. The molecule has 0 saturated heterocycles. The maximum atomic E-state index is 13.0. The lowest BCUT2D eigenvalue weighted by Gasteiger charge is -2.12. The molecule has 0 heterocycles. The number of aliphatic hydroxyl groups excluding tert-OH is 1. The number of hydrogen-bond acceptors (Lipinski definition) is 3. The summed E-state index contributed by atoms with van der Waals surface area (Å²) in [6, 6.07) is 2.24. The van der Waals surface area contributed by atoms with E-state index in [0.29, 0.717) is 5.56 Å². The van der Waals surface area contributed by atoms with Gasteiger partial charge in [-0.2, -0.15) is 0 Å². The van der Waals surface area contributed by atoms with Crippen LogP contribution in [0.3, 0.4) is 0 Å². The van der Waals surface area contributed by atoms with Gasteiger partial charge in [-0.25, -0.2) is 4.39 Å². The van der Waals surface area contributed by atoms with Crippen LogP contribution in [0.5, 0.6) is 0 Å². The second-order valence-corrected chi connectivity index (χ2v) is 3.02. The van der Waals surface area contributed by atoms with Gasteiger partial charge in [0.2, 0.25) is 0 Å². The van der Waals surface area contributed by atoms with E-state index in [0.717, 1.165) is 5.56 Å². The van der Waals surface area contributed by atoms with Crippen LogP contribution in [0.1, 0.15) is 17.2 Å². The fourth-order valence-corrected chi connectivity index (χ4v) is 1.22. The molecule has 0 bridgehead atoms. The van der Waals surface area contributed by atoms with Crippen LogP contribution in [0.4, 0.5) is 10.1 Å². The van der Waals surface area contributed by atoms with Gasteiger partial charge in [0.25, 0.3) is 0 Å². The second kappa shape index (κ2) is 3.72. The molecular weight excluding hydrogens is 171 g/mol. The smallest absolute Gasteiger partial charge is 0.146 e. The summed E-state index contributed by atoms with van der Waals surface area (Å²) in [5, 5.41) is 8.79. The van der Waals surface area contributed by atoms with E-state index >= 15 is 0 Å². The van der Waals surface area contributed by atoms with E-state index in [9.17, 15) is 4.39 Å². The molecule has 0 aliphatic heterocycles. The Morgan fingerprint density at radius 3 is 2.69 bits per heavy atom. The summed E-state index contributed by atoms with van der Waals surface area (Å²) in [4.78, 5) is 0. The topological polar surface area (TPSA) is 72.3 Å². The third-order valence-corrected chi connectivity index (χ3v) is 1.98. The lowest BCUT2D eigenvalue weighted by atomic mass is 10.0. The van der Waals surface area contributed by atoms with Gasteiger partial charge in [0.1, 0.15) is 5.82 Å². The molecule has 13 heavy (non-hydrogen) atoms. The van der Waals surface area contributed by atoms with Crippen LogP contribution in [-0.4, -0.2) is 11.7 Å². The molecule has 0 saturated carbocycles. The van der Waals surface area contributed by atoms with Crippen molar-refractivity contribution in [3.05, 3.63) is 29.1 Å². The fourth-order valence-electron chi connectivity index (χ4n) is 1.22. The number of nitrogens with two attached hydrogens (primary N) is 2. The third-order valence-electron chi connectivity index (χ3n) is 1.98. The maximum absolute atomic E-state index is 13.0. The number of aryl methyl sites for hydroxylation is 1. The van der Waals surface area contributed by atoms with E-state index in [2.05, 4.69) is 0 Å². The van der Waals surface area contributed by atoms with Crippen LogP contribution in [0.2, 0.25) is 0 Å². The van der Waals surface area contributed by atoms with Crippen molar-refractivity contribution in [2.24, 2.45) is 5.73 Å². The summed E-state index contributed by atoms with van der Waals surface area (Å²) in [5.74, 6) is -0.496. The highest BCUT2D eigenvalue weighted by Gasteiger charge is 2.10. The molecular formula is C9H13FN2O. The van der Waals surface area contributed by atoms with Crippen LogP contribution < -0.4 is 11.5 Å². The largest absolute Gasteiger partial charge is 0.396 e. The predicted molar refractivity (Wildman–Crippen MR) is 49.6 cm³/mol. The highest BCUT2D eigenvalue weighted by atomic mass is 19.1. The molecule has 3 nitrogen and oxygen atoms in total. The number of halogens is 1. The Labute approximate surface area is 76.2 Å². The van der Waals surface area contributed by atoms with Crippen LogP contribution >= 0.6 is 0 Å². The van der Waals surface area contributed by atoms with Gasteiger partial charge in [0.05, 0.1) is 18.3 Å². The van der Waals surface area contributed by atoms with Crippen molar-refractivity contribution in [3.8, 4) is 0 Å². The molecule has 72 valence electrons. The van der Waals surface area contributed by atoms with Gasteiger partial charge in [0.15, 0.2) is 0 Å². The lowest BCUT2D eigenvalue weighted by molar-refractivity contribution is 0.267. The summed E-state index contributed by atoms with van der Waals surface area (Å²) in [7, 11) is 0. The zero-order chi connectivity index (χ0) is 10.0. The summed E-state index contributed by atoms with van der Waals surface area (Å²) in [6.07, 6.45) is 0. The molecule has 1 aromatic rings. The standard InChI is InChI=1S/C9H13FN2O/c1-5-2-8(11)7(10)3-6(5)9(12)4-13/h2-3,9,13H,4,11-12H2,1H3. The first kappa shape index (κ1) is 9.95. The van der Waals surface area contributed by atoms with Crippen molar-refractivity contribution in [1.82, 2.24) is 0 Å². The van der Waals surface area contributed by atoms with Crippen LogP contribution in [0, 0.1) is 12.7 Å². The lowest BCUT2D eigenvalue weighted by Crippen LogP contribution is -2.16. The Bertz CT molecular complexity index is 315. The van der Waals surface area contributed by atoms with Gasteiger partial charge in [0, 0.05) is 0 Å². The zero-order valence-electron chi connectivity index (χ0n) is 7.42. The van der Waals surface area contributed by atoms with Gasteiger partial charge in [-0.15, -0.1) is 0 Å². The Balaban J connectivity index is 3.15. The van der Waals surface area contributed by atoms with E-state index in [-0.39, 0.29) is 12.3 Å². The molecule has 0 fully saturated rings. The molecule has 1 unspecified atom stereocenters. The number of rotatable bonds is 2. The first-order chi connectivity index (χ1) is 6.06. The predicted octanol–water partition coefficient (Wildman–Crippen LogP) is 0.708. The molecule has 0 aromatic heterocycles. The van der Waals surface area contributed by atoms with Crippen LogP contribution in [0.25, 0.3) is 0 Å². The molecule has 0 aliphatic carbocycles. The third kappa shape index (κ3) is 1.96. The van der Waals surface area contributed by atoms with Crippen molar-refractivity contribution in [1.29, 1.82) is 0 Å². The summed E-state index contributed by atoms with van der Waals surface area (Å²) < 4.78 is 13.0. The van der Waals surface area contributed by atoms with Gasteiger partial charge in [-0.1, -0.05) is 0 Å². The first-order valence-corrected chi connectivity index (χ1v) is 3.98. The molecule has 1 rings (SSSR count). The van der Waals surface area contributed by atoms with Gasteiger partial charge in [-0.05, 0) is 30.2 Å². The van der Waals surface area contributed by atoms with Crippen molar-refractivity contribution < 1.29 is 9.50 Å². The molecule has 0 radical (unpaired) electrons. The van der Waals surface area contributed by atoms with Crippen LogP contribution in [0.15, 0.2) is 12.1 Å². The number of anilines is 1. The molecule has 0 amide bonds. The minimum atomic E-state index is -0.546. The average Bonchev–Trinajstić information content (AvgIpc) is 2.10. The van der Waals surface area contributed by atoms with E-state index in [1.54, 1.807) is 6.92 Å². The number of nitrogen functional groups attached to an aromatic ring is 1. The van der Waals surface area contributed by atoms with Crippen LogP contribution in [-0.2, 0) is 0 Å². The summed E-state index contributed by atoms with van der Waals surface area (Å²) >= 11 is 0. The van der Waals surface area contributed by atoms with Crippen molar-refractivity contribution >= 4 is 5.69 Å². The van der Waals surface area contributed by atoms with Gasteiger partial charge >= 0.3 is 0 Å². The van der Waals surface area contributed by atoms with E-state index in [4.69, 9.17) is 16.6 Å². The first-order valence-electron chi connectivity index (χ1n) is 3.98. The second-order valence-electron chi connectivity index (χ2n) is 3.02. The van der Waals surface area contributed by atoms with Crippen molar-refractivity contribution in [3.63, 3.8) is 0 Å². The zero-order valence-corrected chi connectivity index (χ0v) is 7.42. The van der Waals surface area contributed by atoms with E-state index < -0.39 is 11.9 Å². The summed E-state index contributed by atoms with van der Waals surface area (Å²) in [5.41, 5.74) is 12.4. The summed E-state index contributed by atoms with van der Waals surface area (Å²) in [6.45, 7) is 1.57. The van der Waals surface area contributed by atoms with Crippen molar-refractivity contribution in [2.45, 2.75) is 13.0 Å². The SMILES string of the molecule is Cc1cc(N)c(F)cc1C(N)CO. The Kier molecular flexibility index (Phi) is 2.85. The van der Waals surface area contributed by atoms with Crippen molar-refractivity contribution in [2.75, 3.05) is 12.3 Å². The normalized spacial score (nSPS) is 12.9. The highest BCUT2D eigenvalue weighted by Crippen LogP contribution is 2.21. The average molecular weight is 184 g/mol. The highest BCUT2D eigenvalue weighted by molar-refractivity contribution is 5.46. The van der Waals surface area contributed by atoms with Gasteiger partial charge in [-0.3, -0.25) is 0 Å². The molecule has 1 atom stereocenters. The Morgan fingerprint density at radius 2 is 2.15 bits per heavy atom.